The van der Waals surface area contributed by atoms with E-state index in [9.17, 15) is 9.59 Å². The van der Waals surface area contributed by atoms with E-state index in [0.717, 1.165) is 29.4 Å². The average molecular weight is 404 g/mol. The third kappa shape index (κ3) is 4.10. The van der Waals surface area contributed by atoms with Gasteiger partial charge in [-0.05, 0) is 38.0 Å². The number of esters is 1. The topological polar surface area (TPSA) is 84.4 Å². The number of carbonyl (C=O) groups excluding carboxylic acids is 2. The summed E-state index contributed by atoms with van der Waals surface area (Å²) in [6, 6.07) is 11.3. The van der Waals surface area contributed by atoms with Gasteiger partial charge in [-0.15, -0.1) is 0 Å². The average Bonchev–Trinajstić information content (AvgIpc) is 2.80. The van der Waals surface area contributed by atoms with Crippen LogP contribution in [-0.2, 0) is 4.74 Å². The Labute approximate surface area is 175 Å². The van der Waals surface area contributed by atoms with E-state index in [1.165, 1.54) is 0 Å². The van der Waals surface area contributed by atoms with E-state index in [1.807, 2.05) is 29.2 Å². The maximum absolute atomic E-state index is 12.7. The van der Waals surface area contributed by atoms with E-state index in [2.05, 4.69) is 15.3 Å². The quantitative estimate of drug-likeness (QED) is 0.655. The van der Waals surface area contributed by atoms with Gasteiger partial charge in [-0.1, -0.05) is 18.2 Å². The zero-order valence-corrected chi connectivity index (χ0v) is 16.9. The van der Waals surface area contributed by atoms with Gasteiger partial charge in [0.15, 0.2) is 0 Å². The van der Waals surface area contributed by atoms with Crippen molar-refractivity contribution in [2.45, 2.75) is 25.8 Å². The SMILES string of the molecule is CCOC(=O)c1cnc2ccccc2c1NC1CCN(C(=O)c2ccncc2)CC1. The Balaban J connectivity index is 1.51. The number of ether oxygens (including phenoxy) is 1. The largest absolute Gasteiger partial charge is 0.462 e. The molecule has 1 saturated heterocycles. The minimum Gasteiger partial charge on any atom is -0.462 e. The molecule has 1 fully saturated rings. The molecule has 0 bridgehead atoms. The van der Waals surface area contributed by atoms with Crippen molar-refractivity contribution in [2.75, 3.05) is 25.0 Å². The summed E-state index contributed by atoms with van der Waals surface area (Å²) in [7, 11) is 0. The van der Waals surface area contributed by atoms with Crippen molar-refractivity contribution in [3.63, 3.8) is 0 Å². The van der Waals surface area contributed by atoms with Gasteiger partial charge in [0.2, 0.25) is 0 Å². The van der Waals surface area contributed by atoms with Crippen LogP contribution >= 0.6 is 0 Å². The summed E-state index contributed by atoms with van der Waals surface area (Å²) in [6.45, 7) is 3.39. The van der Waals surface area contributed by atoms with Gasteiger partial charge in [0, 0.05) is 48.7 Å². The lowest BCUT2D eigenvalue weighted by molar-refractivity contribution is 0.0527. The van der Waals surface area contributed by atoms with E-state index >= 15 is 0 Å². The Morgan fingerprint density at radius 2 is 1.87 bits per heavy atom. The van der Waals surface area contributed by atoms with Crippen LogP contribution in [0.5, 0.6) is 0 Å². The molecule has 0 spiro atoms. The number of nitrogens with zero attached hydrogens (tertiary/aromatic N) is 3. The van der Waals surface area contributed by atoms with Gasteiger partial charge < -0.3 is 15.0 Å². The van der Waals surface area contributed by atoms with Crippen LogP contribution in [0.15, 0.2) is 55.0 Å². The summed E-state index contributed by atoms with van der Waals surface area (Å²) in [5.74, 6) is -0.360. The Kier molecular flexibility index (Phi) is 5.88. The summed E-state index contributed by atoms with van der Waals surface area (Å²) in [6.07, 6.45) is 6.41. The van der Waals surface area contributed by atoms with Crippen LogP contribution < -0.4 is 5.32 Å². The Morgan fingerprint density at radius 1 is 1.13 bits per heavy atom. The fourth-order valence-electron chi connectivity index (χ4n) is 3.77. The van der Waals surface area contributed by atoms with Gasteiger partial charge in [-0.3, -0.25) is 14.8 Å². The molecule has 1 aliphatic heterocycles. The van der Waals surface area contributed by atoms with Crippen molar-refractivity contribution in [2.24, 2.45) is 0 Å². The zero-order valence-electron chi connectivity index (χ0n) is 16.9. The first-order valence-corrected chi connectivity index (χ1v) is 10.2. The predicted octanol–water partition coefficient (Wildman–Crippen LogP) is 3.52. The molecule has 1 N–H and O–H groups in total. The Hall–Kier alpha value is -3.48. The number of nitrogens with one attached hydrogen (secondary N) is 1. The number of likely N-dealkylation sites (tertiary alicyclic amines) is 1. The normalized spacial score (nSPS) is 14.5. The predicted molar refractivity (Wildman–Crippen MR) is 114 cm³/mol. The van der Waals surface area contributed by atoms with Gasteiger partial charge >= 0.3 is 5.97 Å². The molecule has 0 atom stereocenters. The summed E-state index contributed by atoms with van der Waals surface area (Å²) in [5.41, 5.74) is 2.66. The van der Waals surface area contributed by atoms with E-state index in [-0.39, 0.29) is 17.9 Å². The standard InChI is InChI=1S/C23H24N4O3/c1-2-30-23(29)19-15-25-20-6-4-3-5-18(20)21(19)26-17-9-13-27(14-10-17)22(28)16-7-11-24-12-8-16/h3-8,11-12,15,17H,2,9-10,13-14H2,1H3,(H,25,26). The van der Waals surface area contributed by atoms with Crippen LogP contribution in [0, 0.1) is 0 Å². The molecule has 3 aromatic rings. The monoisotopic (exact) mass is 404 g/mol. The lowest BCUT2D eigenvalue weighted by Gasteiger charge is -2.33. The number of amides is 1. The van der Waals surface area contributed by atoms with E-state index < -0.39 is 0 Å². The Morgan fingerprint density at radius 3 is 2.60 bits per heavy atom. The number of hydrogen-bond acceptors (Lipinski definition) is 6. The van der Waals surface area contributed by atoms with E-state index in [1.54, 1.807) is 37.6 Å². The van der Waals surface area contributed by atoms with Crippen molar-refractivity contribution in [1.29, 1.82) is 0 Å². The molecule has 3 heterocycles. The summed E-state index contributed by atoms with van der Waals surface area (Å²) in [4.78, 5) is 35.4. The third-order valence-electron chi connectivity index (χ3n) is 5.33. The number of carbonyl (C=O) groups is 2. The van der Waals surface area contributed by atoms with Crippen molar-refractivity contribution < 1.29 is 14.3 Å². The third-order valence-corrected chi connectivity index (χ3v) is 5.33. The summed E-state index contributed by atoms with van der Waals surface area (Å²) in [5, 5.41) is 4.43. The van der Waals surface area contributed by atoms with Gasteiger partial charge in [-0.2, -0.15) is 0 Å². The van der Waals surface area contributed by atoms with E-state index in [4.69, 9.17) is 4.74 Å². The summed E-state index contributed by atoms with van der Waals surface area (Å²) >= 11 is 0. The molecule has 0 saturated carbocycles. The van der Waals surface area contributed by atoms with Crippen LogP contribution in [0.4, 0.5) is 5.69 Å². The highest BCUT2D eigenvalue weighted by Crippen LogP contribution is 2.29. The number of hydrogen-bond donors (Lipinski definition) is 1. The molecular formula is C23H24N4O3. The molecule has 1 amide bonds. The molecule has 7 nitrogen and oxygen atoms in total. The lowest BCUT2D eigenvalue weighted by Crippen LogP contribution is -2.42. The van der Waals surface area contributed by atoms with Crippen LogP contribution in [0.2, 0.25) is 0 Å². The number of fused-ring (bicyclic) bond motifs is 1. The maximum atomic E-state index is 12.7. The molecule has 7 heteroatoms. The van der Waals surface area contributed by atoms with Crippen molar-refractivity contribution in [3.05, 3.63) is 66.1 Å². The number of aromatic nitrogens is 2. The first-order chi connectivity index (χ1) is 14.7. The van der Waals surface area contributed by atoms with Gasteiger partial charge in [0.25, 0.3) is 5.91 Å². The molecule has 0 unspecified atom stereocenters. The molecular weight excluding hydrogens is 380 g/mol. The van der Waals surface area contributed by atoms with Crippen molar-refractivity contribution in [3.8, 4) is 0 Å². The molecule has 1 aliphatic rings. The molecule has 4 rings (SSSR count). The Bertz CT molecular complexity index is 1050. The zero-order chi connectivity index (χ0) is 20.9. The highest BCUT2D eigenvalue weighted by atomic mass is 16.5. The van der Waals surface area contributed by atoms with Gasteiger partial charge in [0.05, 0.1) is 17.8 Å². The number of rotatable bonds is 5. The van der Waals surface area contributed by atoms with Crippen LogP contribution in [0.3, 0.4) is 0 Å². The van der Waals surface area contributed by atoms with Crippen LogP contribution in [-0.4, -0.2) is 52.5 Å². The number of pyridine rings is 2. The lowest BCUT2D eigenvalue weighted by atomic mass is 10.0. The van der Waals surface area contributed by atoms with Gasteiger partial charge in [0.1, 0.15) is 5.56 Å². The molecule has 2 aromatic heterocycles. The highest BCUT2D eigenvalue weighted by molar-refractivity contribution is 6.05. The number of anilines is 1. The fourth-order valence-corrected chi connectivity index (χ4v) is 3.77. The van der Waals surface area contributed by atoms with E-state index in [0.29, 0.717) is 30.8 Å². The fraction of sp³-hybridized carbons (Fsp3) is 0.304. The summed E-state index contributed by atoms with van der Waals surface area (Å²) < 4.78 is 5.23. The second kappa shape index (κ2) is 8.90. The second-order valence-electron chi connectivity index (χ2n) is 7.23. The highest BCUT2D eigenvalue weighted by Gasteiger charge is 2.25. The molecule has 0 radical (unpaired) electrons. The van der Waals surface area contributed by atoms with Crippen LogP contribution in [0.25, 0.3) is 10.9 Å². The number of piperidine rings is 1. The molecule has 30 heavy (non-hydrogen) atoms. The molecule has 1 aromatic carbocycles. The van der Waals surface area contributed by atoms with Crippen molar-refractivity contribution >= 4 is 28.5 Å². The van der Waals surface area contributed by atoms with Crippen molar-refractivity contribution in [1.82, 2.24) is 14.9 Å². The minimum atomic E-state index is -0.386. The second-order valence-corrected chi connectivity index (χ2v) is 7.23. The minimum absolute atomic E-state index is 0.0254. The maximum Gasteiger partial charge on any atom is 0.341 e. The molecule has 154 valence electrons. The number of para-hydroxylation sites is 1. The smallest absolute Gasteiger partial charge is 0.341 e. The number of benzene rings is 1. The first kappa shape index (κ1) is 19.8. The molecule has 0 aliphatic carbocycles. The van der Waals surface area contributed by atoms with Gasteiger partial charge in [-0.25, -0.2) is 4.79 Å². The van der Waals surface area contributed by atoms with Crippen LogP contribution in [0.1, 0.15) is 40.5 Å². The first-order valence-electron chi connectivity index (χ1n) is 10.2.